The Morgan fingerprint density at radius 2 is 1.05 bits per heavy atom. The first-order valence-corrected chi connectivity index (χ1v) is 22.7. The maximum absolute atomic E-state index is 13.2. The Kier molecular flexibility index (Phi) is 14.0. The summed E-state index contributed by atoms with van der Waals surface area (Å²) in [6.45, 7) is 7.59. The standard InChI is InChI=1S/2C22H26ClN3O3S/c2*1-14-11-15-3-4-17(12-16(15)7-9-26(14)2)24-21(28)22(8-10-29-13-22)25-20(27)18-5-6-19(23)30-18/h2*3-6,12,14H,7-11,13H2,1-2H3,(H,24,28)(H,25,27)/t14-,22+;14-,22-/m10/s1. The Labute approximate surface area is 369 Å². The molecule has 2 aromatic heterocycles. The molecule has 8 rings (SSSR count). The fourth-order valence-electron chi connectivity index (χ4n) is 7.98. The van der Waals surface area contributed by atoms with Crippen LogP contribution in [0, 0.1) is 0 Å². The number of anilines is 2. The Morgan fingerprint density at radius 3 is 1.40 bits per heavy atom. The van der Waals surface area contributed by atoms with E-state index in [0.717, 1.165) is 50.1 Å². The summed E-state index contributed by atoms with van der Waals surface area (Å²) in [5, 5.41) is 11.8. The van der Waals surface area contributed by atoms with Crippen molar-refractivity contribution in [2.45, 2.75) is 75.5 Å². The minimum absolute atomic E-state index is 0.150. The number of rotatable bonds is 8. The quantitative estimate of drug-likeness (QED) is 0.153. The fraction of sp³-hybridized carbons (Fsp3) is 0.455. The van der Waals surface area contributed by atoms with Crippen LogP contribution in [0.5, 0.6) is 0 Å². The van der Waals surface area contributed by atoms with Gasteiger partial charge in [-0.3, -0.25) is 19.2 Å². The summed E-state index contributed by atoms with van der Waals surface area (Å²) in [5.41, 5.74) is 4.49. The van der Waals surface area contributed by atoms with Gasteiger partial charge in [-0.1, -0.05) is 35.3 Å². The number of likely N-dealkylation sites (N-methyl/N-ethyl adjacent to an activating group) is 2. The first-order valence-electron chi connectivity index (χ1n) is 20.3. The van der Waals surface area contributed by atoms with E-state index in [1.165, 1.54) is 44.9 Å². The average Bonchev–Trinajstić information content (AvgIpc) is 4.05. The van der Waals surface area contributed by atoms with Gasteiger partial charge in [0.25, 0.3) is 23.6 Å². The van der Waals surface area contributed by atoms with Gasteiger partial charge in [0.2, 0.25) is 0 Å². The lowest BCUT2D eigenvalue weighted by Gasteiger charge is -2.27. The highest BCUT2D eigenvalue weighted by Crippen LogP contribution is 2.30. The van der Waals surface area contributed by atoms with Crippen LogP contribution in [0.15, 0.2) is 60.7 Å². The molecule has 2 fully saturated rings. The largest absolute Gasteiger partial charge is 0.378 e. The number of ether oxygens (including phenoxy) is 2. The van der Waals surface area contributed by atoms with Gasteiger partial charge in [-0.05, 0) is 124 Å². The van der Waals surface area contributed by atoms with Crippen LogP contribution in [0.4, 0.5) is 11.4 Å². The van der Waals surface area contributed by atoms with Gasteiger partial charge in [-0.25, -0.2) is 0 Å². The summed E-state index contributed by atoms with van der Waals surface area (Å²) in [7, 11) is 4.29. The van der Waals surface area contributed by atoms with Crippen molar-refractivity contribution in [2.75, 3.05) is 64.2 Å². The molecule has 320 valence electrons. The normalized spacial score (nSPS) is 24.2. The average molecular weight is 896 g/mol. The van der Waals surface area contributed by atoms with Crippen molar-refractivity contribution < 1.29 is 28.7 Å². The molecule has 12 nitrogen and oxygen atoms in total. The number of fused-ring (bicyclic) bond motifs is 2. The molecular weight excluding hydrogens is 844 g/mol. The molecule has 16 heteroatoms. The molecule has 2 aromatic carbocycles. The number of benzene rings is 2. The van der Waals surface area contributed by atoms with Crippen LogP contribution in [-0.2, 0) is 44.7 Å². The second-order valence-corrected chi connectivity index (χ2v) is 19.8. The van der Waals surface area contributed by atoms with Crippen LogP contribution in [0.25, 0.3) is 0 Å². The number of carbonyl (C=O) groups is 4. The van der Waals surface area contributed by atoms with E-state index in [0.29, 0.717) is 56.6 Å². The minimum Gasteiger partial charge on any atom is -0.378 e. The number of thiophene rings is 2. The van der Waals surface area contributed by atoms with Gasteiger partial charge in [0.15, 0.2) is 0 Å². The highest BCUT2D eigenvalue weighted by molar-refractivity contribution is 7.18. The fourth-order valence-corrected chi connectivity index (χ4v) is 9.86. The Hall–Kier alpha value is -3.86. The summed E-state index contributed by atoms with van der Waals surface area (Å²) in [5.74, 6) is -1.14. The molecule has 4 aliphatic rings. The molecule has 4 atom stereocenters. The predicted octanol–water partition coefficient (Wildman–Crippen LogP) is 6.70. The lowest BCUT2D eigenvalue weighted by Crippen LogP contribution is -2.57. The summed E-state index contributed by atoms with van der Waals surface area (Å²) < 4.78 is 12.0. The highest BCUT2D eigenvalue weighted by atomic mass is 35.5. The second kappa shape index (κ2) is 19.0. The van der Waals surface area contributed by atoms with Crippen molar-refractivity contribution in [1.29, 1.82) is 0 Å². The molecule has 4 aromatic rings. The Balaban J connectivity index is 0.000000181. The Bertz CT molecular complexity index is 2060. The van der Waals surface area contributed by atoms with E-state index in [1.807, 2.05) is 12.1 Å². The zero-order valence-corrected chi connectivity index (χ0v) is 37.5. The third-order valence-electron chi connectivity index (χ3n) is 12.1. The molecular formula is C44H52Cl2N6O6S2. The van der Waals surface area contributed by atoms with Gasteiger partial charge in [0, 0.05) is 62.6 Å². The van der Waals surface area contributed by atoms with Crippen LogP contribution < -0.4 is 21.3 Å². The van der Waals surface area contributed by atoms with E-state index in [1.54, 1.807) is 24.3 Å². The molecule has 4 aliphatic heterocycles. The van der Waals surface area contributed by atoms with E-state index in [9.17, 15) is 19.2 Å². The number of nitrogens with zero attached hydrogens (tertiary/aromatic N) is 2. The molecule has 6 heterocycles. The summed E-state index contributed by atoms with van der Waals surface area (Å²) in [4.78, 5) is 57.4. The lowest BCUT2D eigenvalue weighted by molar-refractivity contribution is -0.122. The molecule has 60 heavy (non-hydrogen) atoms. The monoisotopic (exact) mass is 894 g/mol. The molecule has 0 aliphatic carbocycles. The molecule has 0 saturated carbocycles. The van der Waals surface area contributed by atoms with Gasteiger partial charge in [-0.2, -0.15) is 0 Å². The van der Waals surface area contributed by atoms with Crippen LogP contribution in [0.3, 0.4) is 0 Å². The van der Waals surface area contributed by atoms with Crippen LogP contribution >= 0.6 is 45.9 Å². The zero-order chi connectivity index (χ0) is 42.6. The van der Waals surface area contributed by atoms with Crippen LogP contribution in [0.2, 0.25) is 8.67 Å². The number of halogens is 2. The van der Waals surface area contributed by atoms with Crippen molar-refractivity contribution in [3.8, 4) is 0 Å². The van der Waals surface area contributed by atoms with Crippen molar-refractivity contribution in [3.63, 3.8) is 0 Å². The van der Waals surface area contributed by atoms with Gasteiger partial charge in [-0.15, -0.1) is 22.7 Å². The molecule has 0 spiro atoms. The summed E-state index contributed by atoms with van der Waals surface area (Å²) >= 11 is 14.3. The van der Waals surface area contributed by atoms with E-state index in [2.05, 4.69) is 83.3 Å². The summed E-state index contributed by atoms with van der Waals surface area (Å²) in [6, 6.07) is 19.9. The predicted molar refractivity (Wildman–Crippen MR) is 239 cm³/mol. The number of amides is 4. The first kappa shape index (κ1) is 44.2. The van der Waals surface area contributed by atoms with E-state index >= 15 is 0 Å². The maximum Gasteiger partial charge on any atom is 0.262 e. The first-order chi connectivity index (χ1) is 28.7. The third kappa shape index (κ3) is 10.2. The third-order valence-corrected chi connectivity index (χ3v) is 14.6. The van der Waals surface area contributed by atoms with E-state index in [-0.39, 0.29) is 36.8 Å². The molecule has 0 bridgehead atoms. The zero-order valence-electron chi connectivity index (χ0n) is 34.3. The second-order valence-electron chi connectivity index (χ2n) is 16.3. The van der Waals surface area contributed by atoms with Crippen LogP contribution in [0.1, 0.15) is 68.3 Å². The minimum atomic E-state index is -1.09. The van der Waals surface area contributed by atoms with Gasteiger partial charge in [0.1, 0.15) is 11.1 Å². The Morgan fingerprint density at radius 1 is 0.633 bits per heavy atom. The van der Waals surface area contributed by atoms with Gasteiger partial charge < -0.3 is 40.5 Å². The number of carbonyl (C=O) groups excluding carboxylic acids is 4. The van der Waals surface area contributed by atoms with Crippen molar-refractivity contribution in [3.05, 3.63) is 101 Å². The van der Waals surface area contributed by atoms with E-state index < -0.39 is 11.1 Å². The molecule has 2 saturated heterocycles. The number of hydrogen-bond donors (Lipinski definition) is 4. The molecule has 0 radical (unpaired) electrons. The lowest BCUT2D eigenvalue weighted by atomic mass is 9.96. The number of nitrogens with one attached hydrogen (secondary N) is 4. The number of hydrogen-bond acceptors (Lipinski definition) is 10. The van der Waals surface area contributed by atoms with Crippen molar-refractivity contribution >= 4 is 80.9 Å². The van der Waals surface area contributed by atoms with E-state index in [4.69, 9.17) is 32.7 Å². The molecule has 0 unspecified atom stereocenters. The van der Waals surface area contributed by atoms with Gasteiger partial charge >= 0.3 is 0 Å². The summed E-state index contributed by atoms with van der Waals surface area (Å²) in [6.07, 6.45) is 4.75. The molecule has 4 amide bonds. The van der Waals surface area contributed by atoms with Crippen molar-refractivity contribution in [1.82, 2.24) is 20.4 Å². The highest BCUT2D eigenvalue weighted by Gasteiger charge is 2.45. The van der Waals surface area contributed by atoms with Crippen LogP contribution in [-0.4, -0.2) is 110 Å². The smallest absolute Gasteiger partial charge is 0.262 e. The van der Waals surface area contributed by atoms with Crippen molar-refractivity contribution in [2.24, 2.45) is 0 Å². The van der Waals surface area contributed by atoms with Gasteiger partial charge in [0.05, 0.1) is 31.6 Å². The topological polar surface area (TPSA) is 141 Å². The maximum atomic E-state index is 13.2. The SMILES string of the molecule is C[C@@H]1Cc2ccc(NC(=O)[C@]3(NC(=O)c4ccc(Cl)s4)CCOC3)cc2CCN1C.C[C@H]1Cc2ccc(NC(=O)[C@]3(NC(=O)c4ccc(Cl)s4)CCOC3)cc2CCN1C. The molecule has 4 N–H and O–H groups in total.